The molecule has 0 spiro atoms. The first kappa shape index (κ1) is 17.6. The van der Waals surface area contributed by atoms with Crippen molar-refractivity contribution in [2.24, 2.45) is 0 Å². The Balaban J connectivity index is 0.000000963. The van der Waals surface area contributed by atoms with Gasteiger partial charge in [0, 0.05) is 0 Å². The second kappa shape index (κ2) is 7.94. The van der Waals surface area contributed by atoms with Gasteiger partial charge in [0.1, 0.15) is 0 Å². The van der Waals surface area contributed by atoms with Crippen LogP contribution in [0.4, 0.5) is 0 Å². The van der Waals surface area contributed by atoms with Crippen LogP contribution >= 0.6 is 0 Å². The van der Waals surface area contributed by atoms with E-state index in [0.29, 0.717) is 0 Å². The van der Waals surface area contributed by atoms with Gasteiger partial charge in [0.05, 0.1) is 0 Å². The van der Waals surface area contributed by atoms with Crippen molar-refractivity contribution >= 4 is 6.08 Å². The maximum atomic E-state index is 3.24. The van der Waals surface area contributed by atoms with Gasteiger partial charge in [0.25, 0.3) is 0 Å². The van der Waals surface area contributed by atoms with Crippen LogP contribution in [0.2, 0.25) is 0 Å². The zero-order valence-electron chi connectivity index (χ0n) is 9.66. The van der Waals surface area contributed by atoms with Crippen LogP contribution in [0.15, 0.2) is 48.5 Å². The van der Waals surface area contributed by atoms with E-state index in [2.05, 4.69) is 54.6 Å². The molecule has 2 aromatic rings. The molecule has 0 bridgehead atoms. The van der Waals surface area contributed by atoms with Crippen molar-refractivity contribution in [2.75, 3.05) is 0 Å². The van der Waals surface area contributed by atoms with Crippen LogP contribution in [-0.4, -0.2) is 0 Å². The van der Waals surface area contributed by atoms with E-state index in [0.717, 1.165) is 6.42 Å². The molecule has 89 valence electrons. The SMILES string of the molecule is [C-]1=Cc2cc(-c3ccccc3)ccc2C1.[Cl-].[Cl-].[Zr+3]. The molecule has 1 aliphatic carbocycles. The summed E-state index contributed by atoms with van der Waals surface area (Å²) < 4.78 is 0. The van der Waals surface area contributed by atoms with Gasteiger partial charge in [-0.25, -0.2) is 6.08 Å². The van der Waals surface area contributed by atoms with Gasteiger partial charge in [0.2, 0.25) is 0 Å². The number of fused-ring (bicyclic) bond motifs is 1. The molecule has 18 heavy (non-hydrogen) atoms. The first-order valence-corrected chi connectivity index (χ1v) is 5.18. The van der Waals surface area contributed by atoms with Crippen molar-refractivity contribution in [3.8, 4) is 11.1 Å². The third-order valence-corrected chi connectivity index (χ3v) is 2.80. The van der Waals surface area contributed by atoms with Crippen molar-refractivity contribution in [1.29, 1.82) is 0 Å². The van der Waals surface area contributed by atoms with Crippen LogP contribution in [0.25, 0.3) is 17.2 Å². The number of benzene rings is 2. The van der Waals surface area contributed by atoms with E-state index in [1.165, 1.54) is 22.3 Å². The Hall–Kier alpha value is -0.357. The second-order valence-corrected chi connectivity index (χ2v) is 3.80. The minimum absolute atomic E-state index is 0. The number of allylic oxidation sites excluding steroid dienone is 1. The van der Waals surface area contributed by atoms with Gasteiger partial charge in [-0.3, -0.25) is 6.08 Å². The molecular formula is C15H11Cl2Zr. The van der Waals surface area contributed by atoms with Crippen LogP contribution < -0.4 is 24.8 Å². The first-order valence-electron chi connectivity index (χ1n) is 5.18. The predicted octanol–water partition coefficient (Wildman–Crippen LogP) is -2.27. The molecule has 0 amide bonds. The van der Waals surface area contributed by atoms with Gasteiger partial charge in [-0.2, -0.15) is 5.56 Å². The molecule has 3 heteroatoms. The Bertz CT molecular complexity index is 521. The molecule has 0 saturated heterocycles. The largest absolute Gasteiger partial charge is 3.00 e. The molecule has 2 aromatic carbocycles. The number of rotatable bonds is 1. The third kappa shape index (κ3) is 3.57. The van der Waals surface area contributed by atoms with E-state index in [4.69, 9.17) is 0 Å². The summed E-state index contributed by atoms with van der Waals surface area (Å²) in [6.07, 6.45) is 6.29. The summed E-state index contributed by atoms with van der Waals surface area (Å²) in [6.45, 7) is 0. The van der Waals surface area contributed by atoms with E-state index in [1.807, 2.05) is 6.07 Å². The maximum absolute atomic E-state index is 3.24. The molecule has 3 rings (SSSR count). The van der Waals surface area contributed by atoms with Crippen molar-refractivity contribution in [2.45, 2.75) is 6.42 Å². The summed E-state index contributed by atoms with van der Waals surface area (Å²) in [5.74, 6) is 0. The van der Waals surface area contributed by atoms with Gasteiger partial charge in [-0.05, 0) is 11.1 Å². The van der Waals surface area contributed by atoms with E-state index in [1.54, 1.807) is 0 Å². The minimum Gasteiger partial charge on any atom is -1.00 e. The molecule has 0 fully saturated rings. The fraction of sp³-hybridized carbons (Fsp3) is 0.0667. The Kier molecular flexibility index (Phi) is 7.79. The van der Waals surface area contributed by atoms with Crippen molar-refractivity contribution < 1.29 is 51.0 Å². The van der Waals surface area contributed by atoms with Crippen LogP contribution in [0.1, 0.15) is 11.1 Å². The van der Waals surface area contributed by atoms with Crippen LogP contribution in [0.3, 0.4) is 0 Å². The topological polar surface area (TPSA) is 0 Å². The average Bonchev–Trinajstić information content (AvgIpc) is 2.77. The summed E-state index contributed by atoms with van der Waals surface area (Å²) in [5.41, 5.74) is 5.26. The van der Waals surface area contributed by atoms with Gasteiger partial charge >= 0.3 is 26.2 Å². The van der Waals surface area contributed by atoms with E-state index in [-0.39, 0.29) is 51.0 Å². The fourth-order valence-electron chi connectivity index (χ4n) is 1.97. The Morgan fingerprint density at radius 3 is 2.28 bits per heavy atom. The van der Waals surface area contributed by atoms with Crippen LogP contribution in [0, 0.1) is 6.08 Å². The average molecular weight is 353 g/mol. The number of halogens is 2. The Morgan fingerprint density at radius 1 is 0.833 bits per heavy atom. The number of hydrogen-bond donors (Lipinski definition) is 0. The third-order valence-electron chi connectivity index (χ3n) is 2.80. The fourth-order valence-corrected chi connectivity index (χ4v) is 1.97. The van der Waals surface area contributed by atoms with E-state index in [9.17, 15) is 0 Å². The van der Waals surface area contributed by atoms with E-state index < -0.39 is 0 Å². The quantitative estimate of drug-likeness (QED) is 0.508. The maximum Gasteiger partial charge on any atom is 3.00 e. The smallest absolute Gasteiger partial charge is 1.00 e. The summed E-state index contributed by atoms with van der Waals surface area (Å²) in [5, 5.41) is 0. The van der Waals surface area contributed by atoms with E-state index >= 15 is 0 Å². The van der Waals surface area contributed by atoms with Gasteiger partial charge in [0.15, 0.2) is 0 Å². The summed E-state index contributed by atoms with van der Waals surface area (Å²) in [7, 11) is 0. The first-order chi connectivity index (χ1) is 7.43. The van der Waals surface area contributed by atoms with Gasteiger partial charge < -0.3 is 24.8 Å². The second-order valence-electron chi connectivity index (χ2n) is 3.80. The van der Waals surface area contributed by atoms with Gasteiger partial charge in [-0.1, -0.05) is 42.5 Å². The summed E-state index contributed by atoms with van der Waals surface area (Å²) in [4.78, 5) is 0. The van der Waals surface area contributed by atoms with Crippen LogP contribution in [-0.2, 0) is 32.6 Å². The summed E-state index contributed by atoms with van der Waals surface area (Å²) >= 11 is 0. The normalized spacial score (nSPS) is 10.7. The van der Waals surface area contributed by atoms with Crippen LogP contribution in [0.5, 0.6) is 0 Å². The monoisotopic (exact) mass is 351 g/mol. The molecule has 0 aliphatic heterocycles. The molecule has 0 heterocycles. The van der Waals surface area contributed by atoms with Gasteiger partial charge in [-0.15, -0.1) is 18.1 Å². The molecule has 0 nitrogen and oxygen atoms in total. The van der Waals surface area contributed by atoms with Crippen molar-refractivity contribution in [3.05, 3.63) is 65.7 Å². The molecule has 0 aromatic heterocycles. The molecule has 0 N–H and O–H groups in total. The molecule has 0 unspecified atom stereocenters. The number of hydrogen-bond acceptors (Lipinski definition) is 0. The predicted molar refractivity (Wildman–Crippen MR) is 63.3 cm³/mol. The standard InChI is InChI=1S/C15H11.2ClH.Zr/c1-2-5-12(6-3-1)15-10-9-13-7-4-8-14(13)11-15;;;/h1-3,5-6,8-11H,7H2;2*1H;/q-1;;;+3/p-2. The zero-order valence-corrected chi connectivity index (χ0v) is 13.6. The minimum atomic E-state index is 0. The van der Waals surface area contributed by atoms with Crippen molar-refractivity contribution in [3.63, 3.8) is 0 Å². The zero-order chi connectivity index (χ0) is 10.1. The summed E-state index contributed by atoms with van der Waals surface area (Å²) in [6, 6.07) is 17.1. The Labute approximate surface area is 139 Å². The molecule has 0 atom stereocenters. The Morgan fingerprint density at radius 2 is 1.56 bits per heavy atom. The molecule has 1 aliphatic rings. The molecule has 0 saturated carbocycles. The molecular weight excluding hydrogens is 342 g/mol. The molecule has 1 radical (unpaired) electrons. The van der Waals surface area contributed by atoms with Crippen molar-refractivity contribution in [1.82, 2.24) is 0 Å².